The molecule has 0 fully saturated rings. The molecule has 0 radical (unpaired) electrons. The van der Waals surface area contributed by atoms with Crippen molar-refractivity contribution in [3.63, 3.8) is 0 Å². The highest BCUT2D eigenvalue weighted by atomic mass is 16.1. The second-order valence-electron chi connectivity index (χ2n) is 3.62. The van der Waals surface area contributed by atoms with Gasteiger partial charge in [0.15, 0.2) is 0 Å². The van der Waals surface area contributed by atoms with E-state index in [1.165, 1.54) is 6.92 Å². The van der Waals surface area contributed by atoms with Crippen LogP contribution in [0.4, 0.5) is 5.69 Å². The number of hydrogen-bond acceptors (Lipinski definition) is 3. The Hall–Kier alpha value is -1.84. The van der Waals surface area contributed by atoms with Gasteiger partial charge in [-0.2, -0.15) is 0 Å². The van der Waals surface area contributed by atoms with Crippen LogP contribution < -0.4 is 11.1 Å². The molecule has 0 aliphatic heterocycles. The highest BCUT2D eigenvalue weighted by Gasteiger charge is 1.94. The maximum absolute atomic E-state index is 10.6. The fraction of sp³-hybridized carbons (Fsp3) is 0.333. The van der Waals surface area contributed by atoms with Gasteiger partial charge in [-0.15, -0.1) is 0 Å². The van der Waals surface area contributed by atoms with Crippen LogP contribution in [0.5, 0.6) is 0 Å². The summed E-state index contributed by atoms with van der Waals surface area (Å²) in [5.41, 5.74) is 8.26. The number of carbonyl (C=O) groups is 1. The van der Waals surface area contributed by atoms with E-state index in [0.29, 0.717) is 12.2 Å². The monoisotopic (exact) mass is 219 g/mol. The van der Waals surface area contributed by atoms with Gasteiger partial charge in [0.1, 0.15) is 0 Å². The molecule has 1 heterocycles. The third kappa shape index (κ3) is 4.13. The largest absolute Gasteiger partial charge is 0.397 e. The molecule has 0 saturated carbocycles. The maximum Gasteiger partial charge on any atom is 0.216 e. The van der Waals surface area contributed by atoms with E-state index in [4.69, 9.17) is 5.73 Å². The Morgan fingerprint density at radius 2 is 2.38 bits per heavy atom. The number of carbonyl (C=O) groups excluding carboxylic acids is 1. The minimum atomic E-state index is -0.00496. The van der Waals surface area contributed by atoms with Gasteiger partial charge in [0, 0.05) is 19.7 Å². The van der Waals surface area contributed by atoms with Gasteiger partial charge >= 0.3 is 0 Å². The van der Waals surface area contributed by atoms with Crippen molar-refractivity contribution in [2.75, 3.05) is 12.3 Å². The zero-order valence-corrected chi connectivity index (χ0v) is 9.66. The summed E-state index contributed by atoms with van der Waals surface area (Å²) in [6.45, 7) is 4.04. The molecule has 0 aliphatic rings. The number of nitrogens with zero attached hydrogens (tertiary/aromatic N) is 1. The molecular weight excluding hydrogens is 202 g/mol. The van der Waals surface area contributed by atoms with Crippen LogP contribution in [0, 0.1) is 6.92 Å². The van der Waals surface area contributed by atoms with Gasteiger partial charge in [-0.25, -0.2) is 0 Å². The van der Waals surface area contributed by atoms with E-state index in [9.17, 15) is 4.79 Å². The van der Waals surface area contributed by atoms with Gasteiger partial charge in [-0.3, -0.25) is 9.78 Å². The van der Waals surface area contributed by atoms with Crippen molar-refractivity contribution < 1.29 is 4.79 Å². The first kappa shape index (κ1) is 12.2. The second-order valence-corrected chi connectivity index (χ2v) is 3.62. The number of pyridine rings is 1. The fourth-order valence-corrected chi connectivity index (χ4v) is 1.21. The highest BCUT2D eigenvalue weighted by molar-refractivity contribution is 5.72. The molecule has 0 aromatic carbocycles. The van der Waals surface area contributed by atoms with Crippen molar-refractivity contribution in [1.82, 2.24) is 10.3 Å². The first-order valence-electron chi connectivity index (χ1n) is 5.22. The molecule has 1 aromatic heterocycles. The first-order valence-corrected chi connectivity index (χ1v) is 5.22. The molecular formula is C12H17N3O. The van der Waals surface area contributed by atoms with Gasteiger partial charge in [0.2, 0.25) is 5.91 Å². The van der Waals surface area contributed by atoms with Gasteiger partial charge in [0.25, 0.3) is 0 Å². The van der Waals surface area contributed by atoms with E-state index >= 15 is 0 Å². The molecule has 0 saturated heterocycles. The van der Waals surface area contributed by atoms with Crippen LogP contribution in [-0.2, 0) is 4.79 Å². The smallest absolute Gasteiger partial charge is 0.216 e. The van der Waals surface area contributed by atoms with Crippen molar-refractivity contribution in [2.45, 2.75) is 20.3 Å². The molecule has 1 amide bonds. The normalized spacial score (nSPS) is 10.6. The number of aromatic nitrogens is 1. The molecule has 16 heavy (non-hydrogen) atoms. The van der Waals surface area contributed by atoms with Crippen LogP contribution in [0.1, 0.15) is 24.6 Å². The van der Waals surface area contributed by atoms with E-state index < -0.39 is 0 Å². The van der Waals surface area contributed by atoms with E-state index in [0.717, 1.165) is 17.7 Å². The Morgan fingerprint density at radius 3 is 3.00 bits per heavy atom. The molecule has 0 aliphatic carbocycles. The highest BCUT2D eigenvalue weighted by Crippen LogP contribution is 2.10. The summed E-state index contributed by atoms with van der Waals surface area (Å²) in [5, 5.41) is 2.72. The number of nitrogens with two attached hydrogens (primary N) is 1. The predicted molar refractivity (Wildman–Crippen MR) is 65.7 cm³/mol. The maximum atomic E-state index is 10.6. The topological polar surface area (TPSA) is 68.0 Å². The van der Waals surface area contributed by atoms with Crippen molar-refractivity contribution in [1.29, 1.82) is 0 Å². The van der Waals surface area contributed by atoms with E-state index in [2.05, 4.69) is 10.3 Å². The number of nitrogen functional groups attached to an aromatic ring is 1. The van der Waals surface area contributed by atoms with Crippen molar-refractivity contribution >= 4 is 17.7 Å². The lowest BCUT2D eigenvalue weighted by atomic mass is 10.2. The molecule has 4 nitrogen and oxygen atoms in total. The quantitative estimate of drug-likeness (QED) is 0.754. The number of amides is 1. The summed E-state index contributed by atoms with van der Waals surface area (Å²) in [5.74, 6) is -0.00496. The Kier molecular flexibility index (Phi) is 4.51. The van der Waals surface area contributed by atoms with Crippen molar-refractivity contribution in [3.8, 4) is 0 Å². The third-order valence-corrected chi connectivity index (χ3v) is 2.14. The van der Waals surface area contributed by atoms with Crippen LogP contribution in [0.3, 0.4) is 0 Å². The van der Waals surface area contributed by atoms with Crippen LogP contribution >= 0.6 is 0 Å². The summed E-state index contributed by atoms with van der Waals surface area (Å²) in [7, 11) is 0. The minimum absolute atomic E-state index is 0.00496. The van der Waals surface area contributed by atoms with Gasteiger partial charge in [0.05, 0.1) is 11.4 Å². The zero-order valence-electron chi connectivity index (χ0n) is 9.66. The summed E-state index contributed by atoms with van der Waals surface area (Å²) in [4.78, 5) is 14.8. The lowest BCUT2D eigenvalue weighted by Gasteiger charge is -2.00. The average Bonchev–Trinajstić information content (AvgIpc) is 2.22. The van der Waals surface area contributed by atoms with Gasteiger partial charge < -0.3 is 11.1 Å². The lowest BCUT2D eigenvalue weighted by Crippen LogP contribution is -2.20. The molecule has 1 aromatic rings. The molecule has 0 atom stereocenters. The Morgan fingerprint density at radius 1 is 1.62 bits per heavy atom. The number of rotatable bonds is 4. The van der Waals surface area contributed by atoms with E-state index in [1.54, 1.807) is 6.20 Å². The molecule has 1 rings (SSSR count). The number of nitrogens with one attached hydrogen (secondary N) is 1. The lowest BCUT2D eigenvalue weighted by molar-refractivity contribution is -0.118. The molecule has 0 bridgehead atoms. The van der Waals surface area contributed by atoms with Crippen LogP contribution in [0.25, 0.3) is 6.08 Å². The van der Waals surface area contributed by atoms with Gasteiger partial charge in [-0.05, 0) is 25.0 Å². The third-order valence-electron chi connectivity index (χ3n) is 2.14. The number of anilines is 1. The zero-order chi connectivity index (χ0) is 12.0. The Bertz CT molecular complexity index is 399. The van der Waals surface area contributed by atoms with E-state index in [1.807, 2.05) is 25.1 Å². The first-order chi connectivity index (χ1) is 7.59. The molecule has 86 valence electrons. The van der Waals surface area contributed by atoms with Gasteiger partial charge in [-0.1, -0.05) is 12.2 Å². The van der Waals surface area contributed by atoms with Crippen LogP contribution in [0.15, 0.2) is 18.3 Å². The average molecular weight is 219 g/mol. The standard InChI is InChI=1S/C12H17N3O/c1-9-12(13)7-11(8-15-9)5-3-4-6-14-10(2)16/h3,5,7-8H,4,6,13H2,1-2H3,(H,14,16). The van der Waals surface area contributed by atoms with E-state index in [-0.39, 0.29) is 5.91 Å². The molecule has 3 N–H and O–H groups in total. The van der Waals surface area contributed by atoms with Crippen molar-refractivity contribution in [2.24, 2.45) is 0 Å². The minimum Gasteiger partial charge on any atom is -0.397 e. The van der Waals surface area contributed by atoms with Crippen molar-refractivity contribution in [3.05, 3.63) is 29.6 Å². The number of hydrogen-bond donors (Lipinski definition) is 2. The van der Waals surface area contributed by atoms with Crippen LogP contribution in [-0.4, -0.2) is 17.4 Å². The Labute approximate surface area is 95.6 Å². The summed E-state index contributed by atoms with van der Waals surface area (Å²) in [6.07, 6.45) is 6.51. The van der Waals surface area contributed by atoms with Crippen LogP contribution in [0.2, 0.25) is 0 Å². The fourth-order valence-electron chi connectivity index (χ4n) is 1.21. The predicted octanol–water partition coefficient (Wildman–Crippen LogP) is 1.51. The molecule has 0 unspecified atom stereocenters. The summed E-state index contributed by atoms with van der Waals surface area (Å²) in [6, 6.07) is 1.89. The summed E-state index contributed by atoms with van der Waals surface area (Å²) < 4.78 is 0. The number of aryl methyl sites for hydroxylation is 1. The SMILES string of the molecule is CC(=O)NCCC=Cc1cnc(C)c(N)c1. The second kappa shape index (κ2) is 5.90. The summed E-state index contributed by atoms with van der Waals surface area (Å²) >= 11 is 0. The molecule has 4 heteroatoms. The Balaban J connectivity index is 2.44. The molecule has 0 spiro atoms.